The van der Waals surface area contributed by atoms with Gasteiger partial charge in [-0.1, -0.05) is 60.2 Å². The third kappa shape index (κ3) is 6.16. The molecule has 0 radical (unpaired) electrons. The van der Waals surface area contributed by atoms with Crippen molar-refractivity contribution in [2.75, 3.05) is 10.6 Å². The molecule has 0 saturated heterocycles. The van der Waals surface area contributed by atoms with Crippen LogP contribution in [-0.4, -0.2) is 11.8 Å². The molecule has 0 saturated carbocycles. The van der Waals surface area contributed by atoms with E-state index in [1.165, 1.54) is 11.8 Å². The Labute approximate surface area is 211 Å². The summed E-state index contributed by atoms with van der Waals surface area (Å²) in [6, 6.07) is 32.2. The molecule has 0 spiro atoms. The van der Waals surface area contributed by atoms with Crippen molar-refractivity contribution < 1.29 is 9.59 Å². The summed E-state index contributed by atoms with van der Waals surface area (Å²) in [6.45, 7) is 1.99. The van der Waals surface area contributed by atoms with Crippen molar-refractivity contribution in [3.8, 4) is 0 Å². The number of aryl methyl sites for hydroxylation is 1. The van der Waals surface area contributed by atoms with Gasteiger partial charge in [0.25, 0.3) is 5.91 Å². The number of amides is 2. The van der Waals surface area contributed by atoms with Gasteiger partial charge in [-0.15, -0.1) is 11.8 Å². The molecule has 4 aromatic rings. The summed E-state index contributed by atoms with van der Waals surface area (Å²) in [5.41, 5.74) is 4.05. The minimum absolute atomic E-state index is 0.111. The van der Waals surface area contributed by atoms with Crippen LogP contribution in [0.3, 0.4) is 0 Å². The highest BCUT2D eigenvalue weighted by Crippen LogP contribution is 2.37. The number of carbonyl (C=O) groups excluding carboxylic acids is 2. The van der Waals surface area contributed by atoms with Crippen LogP contribution in [0.25, 0.3) is 0 Å². The second-order valence-electron chi connectivity index (χ2n) is 7.72. The summed E-state index contributed by atoms with van der Waals surface area (Å²) in [5.74, 6) is -0.268. The first-order chi connectivity index (χ1) is 16.5. The van der Waals surface area contributed by atoms with Gasteiger partial charge in [0.15, 0.2) is 0 Å². The quantitative estimate of drug-likeness (QED) is 0.243. The van der Waals surface area contributed by atoms with E-state index in [9.17, 15) is 9.59 Å². The van der Waals surface area contributed by atoms with E-state index < -0.39 is 5.25 Å². The largest absolute Gasteiger partial charge is 0.324 e. The molecule has 0 aliphatic rings. The molecule has 2 amide bonds. The molecule has 0 aliphatic heterocycles. The highest BCUT2D eigenvalue weighted by molar-refractivity contribution is 9.10. The van der Waals surface area contributed by atoms with Gasteiger partial charge in [-0.05, 0) is 76.9 Å². The third-order valence-corrected chi connectivity index (χ3v) is 7.11. The first-order valence-electron chi connectivity index (χ1n) is 10.7. The van der Waals surface area contributed by atoms with Gasteiger partial charge in [-0.3, -0.25) is 9.59 Å². The van der Waals surface area contributed by atoms with Crippen molar-refractivity contribution in [3.05, 3.63) is 124 Å². The van der Waals surface area contributed by atoms with Crippen LogP contribution in [-0.2, 0) is 4.79 Å². The van der Waals surface area contributed by atoms with Crippen LogP contribution >= 0.6 is 27.7 Å². The van der Waals surface area contributed by atoms with Crippen LogP contribution in [0.4, 0.5) is 11.4 Å². The zero-order chi connectivity index (χ0) is 23.9. The molecule has 0 aromatic heterocycles. The number of anilines is 2. The Kier molecular flexibility index (Phi) is 7.83. The lowest BCUT2D eigenvalue weighted by Gasteiger charge is -2.18. The summed E-state index contributed by atoms with van der Waals surface area (Å²) in [7, 11) is 0. The zero-order valence-electron chi connectivity index (χ0n) is 18.5. The predicted molar refractivity (Wildman–Crippen MR) is 143 cm³/mol. The number of hydrogen-bond acceptors (Lipinski definition) is 3. The van der Waals surface area contributed by atoms with E-state index in [4.69, 9.17) is 0 Å². The first-order valence-corrected chi connectivity index (χ1v) is 12.4. The van der Waals surface area contributed by atoms with Crippen LogP contribution in [0.2, 0.25) is 0 Å². The summed E-state index contributed by atoms with van der Waals surface area (Å²) < 4.78 is 0.828. The Morgan fingerprint density at radius 1 is 0.765 bits per heavy atom. The zero-order valence-corrected chi connectivity index (χ0v) is 20.9. The van der Waals surface area contributed by atoms with E-state index in [1.54, 1.807) is 0 Å². The second-order valence-corrected chi connectivity index (χ2v) is 9.76. The van der Waals surface area contributed by atoms with E-state index in [1.807, 2.05) is 110 Å². The van der Waals surface area contributed by atoms with E-state index >= 15 is 0 Å². The lowest BCUT2D eigenvalue weighted by Crippen LogP contribution is -2.19. The minimum Gasteiger partial charge on any atom is -0.324 e. The molecule has 6 heteroatoms. The maximum absolute atomic E-state index is 13.3. The third-order valence-electron chi connectivity index (χ3n) is 5.15. The topological polar surface area (TPSA) is 58.2 Å². The SMILES string of the molecule is Cc1ccc(C(=O)Nc2ccc(SC(C(=O)Nc3ccccc3Br)c3ccccc3)cc2)cc1. The molecule has 0 aliphatic carbocycles. The summed E-state index contributed by atoms with van der Waals surface area (Å²) >= 11 is 4.95. The minimum atomic E-state index is -0.443. The van der Waals surface area contributed by atoms with Crippen LogP contribution in [0.5, 0.6) is 0 Å². The van der Waals surface area contributed by atoms with Crippen LogP contribution in [0.1, 0.15) is 26.7 Å². The molecule has 2 N–H and O–H groups in total. The lowest BCUT2D eigenvalue weighted by atomic mass is 10.1. The summed E-state index contributed by atoms with van der Waals surface area (Å²) in [5, 5.41) is 5.50. The Morgan fingerprint density at radius 3 is 2.09 bits per heavy atom. The van der Waals surface area contributed by atoms with Gasteiger partial charge in [-0.2, -0.15) is 0 Å². The Balaban J connectivity index is 1.49. The molecule has 34 heavy (non-hydrogen) atoms. The molecule has 0 fully saturated rings. The predicted octanol–water partition coefficient (Wildman–Crippen LogP) is 7.48. The van der Waals surface area contributed by atoms with Gasteiger partial charge in [0.05, 0.1) is 5.69 Å². The van der Waals surface area contributed by atoms with Crippen molar-refractivity contribution in [2.45, 2.75) is 17.1 Å². The van der Waals surface area contributed by atoms with Gasteiger partial charge in [0, 0.05) is 20.6 Å². The van der Waals surface area contributed by atoms with Gasteiger partial charge in [0.2, 0.25) is 5.91 Å². The standard InChI is InChI=1S/C28H23BrN2O2S/c1-19-11-13-21(14-12-19)27(32)30-22-15-17-23(18-16-22)34-26(20-7-3-2-4-8-20)28(33)31-25-10-6-5-9-24(25)29/h2-18,26H,1H3,(H,30,32)(H,31,33). The summed E-state index contributed by atoms with van der Waals surface area (Å²) in [4.78, 5) is 26.7. The van der Waals surface area contributed by atoms with Crippen molar-refractivity contribution in [1.29, 1.82) is 0 Å². The van der Waals surface area contributed by atoms with Gasteiger partial charge >= 0.3 is 0 Å². The fourth-order valence-electron chi connectivity index (χ4n) is 3.32. The second kappa shape index (κ2) is 11.2. The number of benzene rings is 4. The molecule has 1 atom stereocenters. The number of hydrogen-bond donors (Lipinski definition) is 2. The van der Waals surface area contributed by atoms with E-state index in [-0.39, 0.29) is 11.8 Å². The van der Waals surface area contributed by atoms with Gasteiger partial charge in [-0.25, -0.2) is 0 Å². The smallest absolute Gasteiger partial charge is 0.255 e. The highest BCUT2D eigenvalue weighted by atomic mass is 79.9. The number of carbonyl (C=O) groups is 2. The maximum atomic E-state index is 13.3. The Morgan fingerprint density at radius 2 is 1.41 bits per heavy atom. The average molecular weight is 531 g/mol. The highest BCUT2D eigenvalue weighted by Gasteiger charge is 2.23. The van der Waals surface area contributed by atoms with Crippen LogP contribution < -0.4 is 10.6 Å². The monoisotopic (exact) mass is 530 g/mol. The fraction of sp³-hybridized carbons (Fsp3) is 0.0714. The number of rotatable bonds is 7. The van der Waals surface area contributed by atoms with Gasteiger partial charge < -0.3 is 10.6 Å². The number of nitrogens with one attached hydrogen (secondary N) is 2. The maximum Gasteiger partial charge on any atom is 0.255 e. The molecule has 4 rings (SSSR count). The van der Waals surface area contributed by atoms with Crippen molar-refractivity contribution in [3.63, 3.8) is 0 Å². The molecule has 0 heterocycles. The number of thioether (sulfide) groups is 1. The molecule has 170 valence electrons. The van der Waals surface area contributed by atoms with E-state index in [0.717, 1.165) is 26.2 Å². The Bertz CT molecular complexity index is 1280. The van der Waals surface area contributed by atoms with Gasteiger partial charge in [0.1, 0.15) is 5.25 Å². The van der Waals surface area contributed by atoms with Crippen molar-refractivity contribution in [2.24, 2.45) is 0 Å². The van der Waals surface area contributed by atoms with Crippen LogP contribution in [0, 0.1) is 6.92 Å². The molecule has 4 aromatic carbocycles. The molecular formula is C28H23BrN2O2S. The van der Waals surface area contributed by atoms with Crippen molar-refractivity contribution >= 4 is 50.9 Å². The van der Waals surface area contributed by atoms with E-state index in [0.29, 0.717) is 11.3 Å². The molecule has 0 bridgehead atoms. The van der Waals surface area contributed by atoms with Crippen LogP contribution in [0.15, 0.2) is 112 Å². The molecular weight excluding hydrogens is 508 g/mol. The normalized spacial score (nSPS) is 11.5. The average Bonchev–Trinajstić information content (AvgIpc) is 2.86. The molecule has 4 nitrogen and oxygen atoms in total. The molecule has 1 unspecified atom stereocenters. The van der Waals surface area contributed by atoms with Crippen molar-refractivity contribution in [1.82, 2.24) is 0 Å². The fourth-order valence-corrected chi connectivity index (χ4v) is 4.73. The first kappa shape index (κ1) is 23.8. The lowest BCUT2D eigenvalue weighted by molar-refractivity contribution is -0.115. The number of halogens is 1. The number of para-hydroxylation sites is 1. The summed E-state index contributed by atoms with van der Waals surface area (Å²) in [6.07, 6.45) is 0. The van der Waals surface area contributed by atoms with E-state index in [2.05, 4.69) is 26.6 Å². The Hall–Kier alpha value is -3.35.